The van der Waals surface area contributed by atoms with Gasteiger partial charge in [-0.2, -0.15) is 0 Å². The zero-order chi connectivity index (χ0) is 15.4. The van der Waals surface area contributed by atoms with E-state index in [2.05, 4.69) is 14.9 Å². The number of ether oxygens (including phenoxy) is 2. The molecule has 22 heavy (non-hydrogen) atoms. The molecule has 6 heteroatoms. The van der Waals surface area contributed by atoms with Gasteiger partial charge < -0.3 is 19.4 Å². The van der Waals surface area contributed by atoms with Crippen LogP contribution in [0.1, 0.15) is 12.2 Å². The molecular weight excluding hydrogens is 282 g/mol. The number of aryl methyl sites for hydroxylation is 2. The van der Waals surface area contributed by atoms with Crippen LogP contribution in [-0.2, 0) is 20.8 Å². The van der Waals surface area contributed by atoms with E-state index in [0.717, 1.165) is 16.9 Å². The lowest BCUT2D eigenvalue weighted by Crippen LogP contribution is -2.39. The monoisotopic (exact) mass is 303 g/mol. The molecule has 1 fully saturated rings. The van der Waals surface area contributed by atoms with Crippen molar-refractivity contribution in [3.63, 3.8) is 0 Å². The first-order valence-corrected chi connectivity index (χ1v) is 7.62. The van der Waals surface area contributed by atoms with Crippen LogP contribution in [0.4, 0.5) is 0 Å². The Morgan fingerprint density at radius 2 is 2.27 bits per heavy atom. The number of rotatable bonds is 5. The van der Waals surface area contributed by atoms with E-state index >= 15 is 0 Å². The van der Waals surface area contributed by atoms with Crippen LogP contribution in [-0.4, -0.2) is 47.9 Å². The maximum absolute atomic E-state index is 12.0. The van der Waals surface area contributed by atoms with E-state index in [1.165, 1.54) is 0 Å². The third-order valence-corrected chi connectivity index (χ3v) is 3.82. The van der Waals surface area contributed by atoms with Gasteiger partial charge in [0, 0.05) is 19.5 Å². The number of imidazole rings is 1. The SMILES string of the molecule is Cc1nc2ccccc2n1CCC(=O)NC[C@@H]1COCCO1. The Morgan fingerprint density at radius 1 is 1.41 bits per heavy atom. The van der Waals surface area contributed by atoms with Gasteiger partial charge in [-0.25, -0.2) is 4.98 Å². The lowest BCUT2D eigenvalue weighted by Gasteiger charge is -2.23. The van der Waals surface area contributed by atoms with E-state index in [0.29, 0.717) is 39.3 Å². The van der Waals surface area contributed by atoms with Gasteiger partial charge in [-0.05, 0) is 19.1 Å². The van der Waals surface area contributed by atoms with Crippen molar-refractivity contribution in [2.75, 3.05) is 26.4 Å². The van der Waals surface area contributed by atoms with Crippen molar-refractivity contribution >= 4 is 16.9 Å². The summed E-state index contributed by atoms with van der Waals surface area (Å²) in [5, 5.41) is 2.90. The molecule has 0 radical (unpaired) electrons. The largest absolute Gasteiger partial charge is 0.376 e. The standard InChI is InChI=1S/C16H21N3O3/c1-12-18-14-4-2-3-5-15(14)19(12)7-6-16(20)17-10-13-11-21-8-9-22-13/h2-5,13H,6-11H2,1H3,(H,17,20)/t13-/m1/s1. The first kappa shape index (κ1) is 15.0. The second-order valence-corrected chi connectivity index (χ2v) is 5.42. The molecule has 0 aliphatic carbocycles. The number of nitrogens with one attached hydrogen (secondary N) is 1. The second kappa shape index (κ2) is 6.89. The molecule has 3 rings (SSSR count). The highest BCUT2D eigenvalue weighted by Gasteiger charge is 2.15. The summed E-state index contributed by atoms with van der Waals surface area (Å²) in [5.74, 6) is 0.948. The summed E-state index contributed by atoms with van der Waals surface area (Å²) in [5.41, 5.74) is 2.03. The first-order chi connectivity index (χ1) is 10.7. The van der Waals surface area contributed by atoms with E-state index in [4.69, 9.17) is 9.47 Å². The van der Waals surface area contributed by atoms with Crippen LogP contribution in [0.15, 0.2) is 24.3 Å². The molecule has 0 spiro atoms. The van der Waals surface area contributed by atoms with Crippen molar-refractivity contribution in [2.24, 2.45) is 0 Å². The third-order valence-electron chi connectivity index (χ3n) is 3.82. The number of amides is 1. The smallest absolute Gasteiger partial charge is 0.221 e. The van der Waals surface area contributed by atoms with Crippen LogP contribution in [0.2, 0.25) is 0 Å². The maximum atomic E-state index is 12.0. The Hall–Kier alpha value is -1.92. The fourth-order valence-corrected chi connectivity index (χ4v) is 2.66. The molecule has 0 saturated carbocycles. The molecule has 1 aromatic carbocycles. The summed E-state index contributed by atoms with van der Waals surface area (Å²) in [7, 11) is 0. The van der Waals surface area contributed by atoms with Crippen molar-refractivity contribution in [1.82, 2.24) is 14.9 Å². The molecule has 1 N–H and O–H groups in total. The van der Waals surface area contributed by atoms with Crippen molar-refractivity contribution in [1.29, 1.82) is 0 Å². The highest BCUT2D eigenvalue weighted by Crippen LogP contribution is 2.15. The topological polar surface area (TPSA) is 65.4 Å². The Kier molecular flexibility index (Phi) is 4.70. The molecule has 1 atom stereocenters. The molecule has 0 bridgehead atoms. The van der Waals surface area contributed by atoms with Crippen molar-refractivity contribution in [3.8, 4) is 0 Å². The molecule has 1 aromatic heterocycles. The van der Waals surface area contributed by atoms with E-state index in [-0.39, 0.29) is 12.0 Å². The van der Waals surface area contributed by atoms with Crippen LogP contribution in [0.5, 0.6) is 0 Å². The van der Waals surface area contributed by atoms with Gasteiger partial charge in [0.2, 0.25) is 5.91 Å². The van der Waals surface area contributed by atoms with E-state index in [1.54, 1.807) is 0 Å². The first-order valence-electron chi connectivity index (χ1n) is 7.62. The Labute approximate surface area is 129 Å². The summed E-state index contributed by atoms with van der Waals surface area (Å²) in [6.45, 7) is 4.87. The molecule has 1 saturated heterocycles. The lowest BCUT2D eigenvalue weighted by molar-refractivity contribution is -0.124. The van der Waals surface area contributed by atoms with Gasteiger partial charge in [0.25, 0.3) is 0 Å². The maximum Gasteiger partial charge on any atom is 0.221 e. The highest BCUT2D eigenvalue weighted by atomic mass is 16.6. The molecule has 2 aromatic rings. The van der Waals surface area contributed by atoms with E-state index in [1.807, 2.05) is 31.2 Å². The van der Waals surface area contributed by atoms with Gasteiger partial charge in [0.05, 0.1) is 37.0 Å². The summed E-state index contributed by atoms with van der Waals surface area (Å²) in [4.78, 5) is 16.5. The van der Waals surface area contributed by atoms with Gasteiger partial charge in [0.1, 0.15) is 5.82 Å². The number of hydrogen-bond donors (Lipinski definition) is 1. The lowest BCUT2D eigenvalue weighted by atomic mass is 10.3. The second-order valence-electron chi connectivity index (χ2n) is 5.42. The number of nitrogens with zero attached hydrogens (tertiary/aromatic N) is 2. The van der Waals surface area contributed by atoms with E-state index < -0.39 is 0 Å². The minimum atomic E-state index is -0.0338. The molecular formula is C16H21N3O3. The molecule has 2 heterocycles. The van der Waals surface area contributed by atoms with Crippen LogP contribution >= 0.6 is 0 Å². The van der Waals surface area contributed by atoms with Crippen molar-refractivity contribution < 1.29 is 14.3 Å². The van der Waals surface area contributed by atoms with Crippen LogP contribution in [0.25, 0.3) is 11.0 Å². The molecule has 1 amide bonds. The summed E-state index contributed by atoms with van der Waals surface area (Å²) >= 11 is 0. The summed E-state index contributed by atoms with van der Waals surface area (Å²) in [6, 6.07) is 7.97. The van der Waals surface area contributed by atoms with Gasteiger partial charge in [-0.15, -0.1) is 0 Å². The molecule has 1 aliphatic rings. The highest BCUT2D eigenvalue weighted by molar-refractivity contribution is 5.78. The number of para-hydroxylation sites is 2. The zero-order valence-corrected chi connectivity index (χ0v) is 12.7. The average Bonchev–Trinajstić information content (AvgIpc) is 2.87. The Bertz CT molecular complexity index is 647. The van der Waals surface area contributed by atoms with Crippen molar-refractivity contribution in [2.45, 2.75) is 26.0 Å². The fourth-order valence-electron chi connectivity index (χ4n) is 2.66. The molecule has 1 aliphatic heterocycles. The fraction of sp³-hybridized carbons (Fsp3) is 0.500. The van der Waals surface area contributed by atoms with Gasteiger partial charge in [-0.1, -0.05) is 12.1 Å². The number of fused-ring (bicyclic) bond motifs is 1. The Balaban J connectivity index is 1.52. The predicted molar refractivity (Wildman–Crippen MR) is 82.7 cm³/mol. The quantitative estimate of drug-likeness (QED) is 0.903. The number of hydrogen-bond acceptors (Lipinski definition) is 4. The number of benzene rings is 1. The van der Waals surface area contributed by atoms with Crippen molar-refractivity contribution in [3.05, 3.63) is 30.1 Å². The average molecular weight is 303 g/mol. The summed E-state index contributed by atoms with van der Waals surface area (Å²) in [6.07, 6.45) is 0.392. The van der Waals surface area contributed by atoms with Gasteiger partial charge in [0.15, 0.2) is 0 Å². The Morgan fingerprint density at radius 3 is 3.09 bits per heavy atom. The van der Waals surface area contributed by atoms with Gasteiger partial charge >= 0.3 is 0 Å². The molecule has 118 valence electrons. The molecule has 6 nitrogen and oxygen atoms in total. The number of aromatic nitrogens is 2. The zero-order valence-electron chi connectivity index (χ0n) is 12.7. The number of carbonyl (C=O) groups is 1. The third kappa shape index (κ3) is 3.45. The predicted octanol–water partition coefficient (Wildman–Crippen LogP) is 1.27. The van der Waals surface area contributed by atoms with E-state index in [9.17, 15) is 4.79 Å². The number of carbonyl (C=O) groups excluding carboxylic acids is 1. The van der Waals surface area contributed by atoms with Crippen LogP contribution < -0.4 is 5.32 Å². The molecule has 0 unspecified atom stereocenters. The van der Waals surface area contributed by atoms with Gasteiger partial charge in [-0.3, -0.25) is 4.79 Å². The minimum absolute atomic E-state index is 0.0198. The van der Waals surface area contributed by atoms with Crippen LogP contribution in [0, 0.1) is 6.92 Å². The normalized spacial score (nSPS) is 18.5. The summed E-state index contributed by atoms with van der Waals surface area (Å²) < 4.78 is 12.9. The minimum Gasteiger partial charge on any atom is -0.376 e. The van der Waals surface area contributed by atoms with Crippen LogP contribution in [0.3, 0.4) is 0 Å².